The second-order valence-electron chi connectivity index (χ2n) is 5.67. The van der Waals surface area contributed by atoms with E-state index < -0.39 is 0 Å². The molecule has 112 valence electrons. The molecule has 0 saturated carbocycles. The summed E-state index contributed by atoms with van der Waals surface area (Å²) in [5.41, 5.74) is 2.20. The fourth-order valence-corrected chi connectivity index (χ4v) is 2.20. The third-order valence-electron chi connectivity index (χ3n) is 3.42. The van der Waals surface area contributed by atoms with E-state index in [1.807, 2.05) is 31.2 Å². The van der Waals surface area contributed by atoms with Crippen molar-refractivity contribution >= 4 is 5.91 Å². The van der Waals surface area contributed by atoms with E-state index in [4.69, 9.17) is 0 Å². The van der Waals surface area contributed by atoms with Gasteiger partial charge in [-0.2, -0.15) is 15.0 Å². The summed E-state index contributed by atoms with van der Waals surface area (Å²) < 4.78 is 0. The molecule has 1 atom stereocenters. The minimum absolute atomic E-state index is 0.0229. The fraction of sp³-hybridized carbons (Fsp3) is 0.438. The van der Waals surface area contributed by atoms with Gasteiger partial charge in [0.1, 0.15) is 0 Å². The number of hydrogen-bond acceptors (Lipinski definition) is 3. The summed E-state index contributed by atoms with van der Waals surface area (Å²) in [5, 5.41) is 11.3. The van der Waals surface area contributed by atoms with Crippen LogP contribution in [0.4, 0.5) is 0 Å². The lowest BCUT2D eigenvalue weighted by Gasteiger charge is -2.21. The lowest BCUT2D eigenvalue weighted by molar-refractivity contribution is -0.121. The highest BCUT2D eigenvalue weighted by Gasteiger charge is 2.17. The summed E-state index contributed by atoms with van der Waals surface area (Å²) in [4.78, 5) is 13.8. The summed E-state index contributed by atoms with van der Waals surface area (Å²) in [6.45, 7) is 6.79. The van der Waals surface area contributed by atoms with Gasteiger partial charge in [-0.25, -0.2) is 0 Å². The molecule has 0 aliphatic rings. The van der Waals surface area contributed by atoms with Gasteiger partial charge in [-0.05, 0) is 18.4 Å². The van der Waals surface area contributed by atoms with E-state index in [0.717, 1.165) is 5.56 Å². The van der Waals surface area contributed by atoms with Gasteiger partial charge in [-0.15, -0.1) is 0 Å². The van der Waals surface area contributed by atoms with E-state index in [2.05, 4.69) is 29.4 Å². The smallest absolute Gasteiger partial charge is 0.224 e. The number of carbonyl (C=O) groups excluding carboxylic acids is 1. The van der Waals surface area contributed by atoms with Gasteiger partial charge < -0.3 is 5.32 Å². The maximum absolute atomic E-state index is 12.2. The largest absolute Gasteiger partial charge is 0.351 e. The fourth-order valence-electron chi connectivity index (χ4n) is 2.20. The SMILES string of the molecule is Cc1cccc(CC(=O)NC(Cn2nccn2)C(C)C)c1. The molecule has 1 N–H and O–H groups in total. The van der Waals surface area contributed by atoms with Crippen LogP contribution in [-0.4, -0.2) is 26.9 Å². The molecule has 0 radical (unpaired) electrons. The number of aromatic nitrogens is 3. The Morgan fingerprint density at radius 3 is 2.62 bits per heavy atom. The second kappa shape index (κ2) is 7.02. The van der Waals surface area contributed by atoms with Gasteiger partial charge in [0.05, 0.1) is 31.4 Å². The summed E-state index contributed by atoms with van der Waals surface area (Å²) in [5.74, 6) is 0.351. The van der Waals surface area contributed by atoms with Gasteiger partial charge in [0, 0.05) is 0 Å². The van der Waals surface area contributed by atoms with Crippen LogP contribution in [0.25, 0.3) is 0 Å². The van der Waals surface area contributed by atoms with Crippen LogP contribution in [0.1, 0.15) is 25.0 Å². The molecule has 0 aliphatic carbocycles. The first kappa shape index (κ1) is 15.2. The van der Waals surface area contributed by atoms with Crippen molar-refractivity contribution in [1.29, 1.82) is 0 Å². The predicted octanol–water partition coefficient (Wildman–Crippen LogP) is 1.97. The van der Waals surface area contributed by atoms with Crippen molar-refractivity contribution in [2.45, 2.75) is 39.8 Å². The molecule has 0 aliphatic heterocycles. The average Bonchev–Trinajstić information content (AvgIpc) is 2.90. The van der Waals surface area contributed by atoms with E-state index in [0.29, 0.717) is 18.9 Å². The van der Waals surface area contributed by atoms with Crippen LogP contribution < -0.4 is 5.32 Å². The standard InChI is InChI=1S/C16H22N4O/c1-12(2)15(11-20-17-7-8-18-20)19-16(21)10-14-6-4-5-13(3)9-14/h4-9,12,15H,10-11H2,1-3H3,(H,19,21). The number of nitrogens with one attached hydrogen (secondary N) is 1. The van der Waals surface area contributed by atoms with Crippen LogP contribution in [0.15, 0.2) is 36.7 Å². The normalized spacial score (nSPS) is 12.4. The van der Waals surface area contributed by atoms with Crippen LogP contribution in [0.2, 0.25) is 0 Å². The first-order chi connectivity index (χ1) is 10.0. The Morgan fingerprint density at radius 1 is 1.29 bits per heavy atom. The molecule has 21 heavy (non-hydrogen) atoms. The molecule has 1 aromatic heterocycles. The molecule has 2 aromatic rings. The molecule has 1 unspecified atom stereocenters. The summed E-state index contributed by atoms with van der Waals surface area (Å²) in [6.07, 6.45) is 3.69. The third kappa shape index (κ3) is 4.70. The van der Waals surface area contributed by atoms with Crippen LogP contribution in [-0.2, 0) is 17.8 Å². The minimum atomic E-state index is 0.0229. The molecule has 0 fully saturated rings. The maximum Gasteiger partial charge on any atom is 0.224 e. The molecule has 5 nitrogen and oxygen atoms in total. The topological polar surface area (TPSA) is 59.8 Å². The van der Waals surface area contributed by atoms with E-state index in [-0.39, 0.29) is 11.9 Å². The van der Waals surface area contributed by atoms with E-state index in [1.165, 1.54) is 5.56 Å². The third-order valence-corrected chi connectivity index (χ3v) is 3.42. The van der Waals surface area contributed by atoms with Crippen LogP contribution in [0.3, 0.4) is 0 Å². The highest BCUT2D eigenvalue weighted by Crippen LogP contribution is 2.07. The zero-order valence-electron chi connectivity index (χ0n) is 12.8. The Hall–Kier alpha value is -2.17. The number of benzene rings is 1. The van der Waals surface area contributed by atoms with Crippen LogP contribution >= 0.6 is 0 Å². The molecular formula is C16H22N4O. The number of amides is 1. The van der Waals surface area contributed by atoms with Crippen molar-refractivity contribution in [2.75, 3.05) is 0 Å². The summed E-state index contributed by atoms with van der Waals surface area (Å²) in [7, 11) is 0. The first-order valence-electron chi connectivity index (χ1n) is 7.23. The number of aryl methyl sites for hydroxylation is 1. The summed E-state index contributed by atoms with van der Waals surface area (Å²) in [6, 6.07) is 8.05. The van der Waals surface area contributed by atoms with Crippen molar-refractivity contribution in [3.63, 3.8) is 0 Å². The van der Waals surface area contributed by atoms with Gasteiger partial charge in [0.2, 0.25) is 5.91 Å². The number of rotatable bonds is 6. The molecule has 0 saturated heterocycles. The lowest BCUT2D eigenvalue weighted by Crippen LogP contribution is -2.42. The minimum Gasteiger partial charge on any atom is -0.351 e. The zero-order chi connectivity index (χ0) is 15.2. The molecule has 5 heteroatoms. The predicted molar refractivity (Wildman–Crippen MR) is 81.7 cm³/mol. The molecule has 1 amide bonds. The number of hydrogen-bond donors (Lipinski definition) is 1. The number of nitrogens with zero attached hydrogens (tertiary/aromatic N) is 3. The quantitative estimate of drug-likeness (QED) is 0.883. The van der Waals surface area contributed by atoms with E-state index in [9.17, 15) is 4.79 Å². The second-order valence-corrected chi connectivity index (χ2v) is 5.67. The van der Waals surface area contributed by atoms with Crippen molar-refractivity contribution in [3.8, 4) is 0 Å². The molecule has 0 spiro atoms. The van der Waals surface area contributed by atoms with Gasteiger partial charge in [-0.3, -0.25) is 4.79 Å². The van der Waals surface area contributed by atoms with Gasteiger partial charge in [-0.1, -0.05) is 43.7 Å². The Labute approximate surface area is 125 Å². The van der Waals surface area contributed by atoms with Crippen LogP contribution in [0.5, 0.6) is 0 Å². The van der Waals surface area contributed by atoms with E-state index in [1.54, 1.807) is 17.2 Å². The van der Waals surface area contributed by atoms with E-state index >= 15 is 0 Å². The Kier molecular flexibility index (Phi) is 5.09. The van der Waals surface area contributed by atoms with Crippen LogP contribution in [0, 0.1) is 12.8 Å². The molecular weight excluding hydrogens is 264 g/mol. The first-order valence-corrected chi connectivity index (χ1v) is 7.23. The summed E-state index contributed by atoms with van der Waals surface area (Å²) >= 11 is 0. The van der Waals surface area contributed by atoms with Crippen molar-refractivity contribution in [3.05, 3.63) is 47.8 Å². The molecule has 1 heterocycles. The average molecular weight is 286 g/mol. The molecule has 0 bridgehead atoms. The number of carbonyl (C=O) groups is 1. The Morgan fingerprint density at radius 2 is 2.00 bits per heavy atom. The highest BCUT2D eigenvalue weighted by atomic mass is 16.1. The van der Waals surface area contributed by atoms with Crippen molar-refractivity contribution in [1.82, 2.24) is 20.3 Å². The Bertz CT molecular complexity index is 578. The van der Waals surface area contributed by atoms with Gasteiger partial charge in [0.15, 0.2) is 0 Å². The Balaban J connectivity index is 1.95. The monoisotopic (exact) mass is 286 g/mol. The van der Waals surface area contributed by atoms with Gasteiger partial charge in [0.25, 0.3) is 0 Å². The van der Waals surface area contributed by atoms with Gasteiger partial charge >= 0.3 is 0 Å². The molecule has 1 aromatic carbocycles. The lowest BCUT2D eigenvalue weighted by atomic mass is 10.0. The van der Waals surface area contributed by atoms with Crippen molar-refractivity contribution < 1.29 is 4.79 Å². The zero-order valence-corrected chi connectivity index (χ0v) is 12.8. The molecule has 2 rings (SSSR count). The highest BCUT2D eigenvalue weighted by molar-refractivity contribution is 5.78. The maximum atomic E-state index is 12.2. The van der Waals surface area contributed by atoms with Crippen molar-refractivity contribution in [2.24, 2.45) is 5.92 Å².